The van der Waals surface area contributed by atoms with Gasteiger partial charge in [0, 0.05) is 11.0 Å². The van der Waals surface area contributed by atoms with Crippen LogP contribution < -0.4 is 5.43 Å². The summed E-state index contributed by atoms with van der Waals surface area (Å²) in [4.78, 5) is 13.0. The Kier molecular flexibility index (Phi) is 4.75. The highest BCUT2D eigenvalue weighted by atomic mass is 16.3. The molecule has 1 amide bonds. The zero-order valence-electron chi connectivity index (χ0n) is 16.9. The molecule has 0 spiro atoms. The van der Waals surface area contributed by atoms with Crippen molar-refractivity contribution in [3.63, 3.8) is 0 Å². The van der Waals surface area contributed by atoms with E-state index in [4.69, 9.17) is 0 Å². The molecule has 2 N–H and O–H groups in total. The molecule has 4 aromatic rings. The molecule has 1 saturated carbocycles. The van der Waals surface area contributed by atoms with E-state index in [-0.39, 0.29) is 23.0 Å². The minimum Gasteiger partial charge on any atom is -0.507 e. The van der Waals surface area contributed by atoms with Gasteiger partial charge in [0.15, 0.2) is 0 Å². The van der Waals surface area contributed by atoms with Gasteiger partial charge < -0.3 is 5.11 Å². The first-order chi connectivity index (χ1) is 15.2. The number of nitrogens with one attached hydrogen (secondary N) is 1. The molecule has 4 heteroatoms. The number of phenolic OH excluding ortho intramolecular Hbond substituents is 1. The molecule has 0 aromatic heterocycles. The minimum atomic E-state index is -0.330. The van der Waals surface area contributed by atoms with E-state index in [9.17, 15) is 9.90 Å². The number of phenols is 1. The van der Waals surface area contributed by atoms with Gasteiger partial charge in [0.1, 0.15) is 5.75 Å². The standard InChI is InChI=1S/C27H22N2O2/c30-25-16-15-19-9-7-8-14-22(19)23(25)18-28-29-26(31)24-17-27(24,20-10-3-1-4-11-20)21-12-5-2-6-13-21/h1-16,18,24,30H,17H2,(H,29,31)/b28-18+. The topological polar surface area (TPSA) is 61.7 Å². The quantitative estimate of drug-likeness (QED) is 0.362. The van der Waals surface area contributed by atoms with Crippen molar-refractivity contribution in [3.05, 3.63) is 114 Å². The van der Waals surface area contributed by atoms with E-state index in [1.54, 1.807) is 6.07 Å². The summed E-state index contributed by atoms with van der Waals surface area (Å²) >= 11 is 0. The molecule has 1 unspecified atom stereocenters. The lowest BCUT2D eigenvalue weighted by atomic mass is 9.85. The van der Waals surface area contributed by atoms with Gasteiger partial charge in [-0.25, -0.2) is 5.43 Å². The molecule has 5 rings (SSSR count). The maximum atomic E-state index is 13.0. The van der Waals surface area contributed by atoms with E-state index in [1.165, 1.54) is 6.21 Å². The fraction of sp³-hybridized carbons (Fsp3) is 0.111. The average molecular weight is 406 g/mol. The third-order valence-electron chi connectivity index (χ3n) is 6.17. The van der Waals surface area contributed by atoms with E-state index < -0.39 is 0 Å². The van der Waals surface area contributed by atoms with Gasteiger partial charge in [0.05, 0.1) is 12.1 Å². The van der Waals surface area contributed by atoms with Crippen molar-refractivity contribution in [2.75, 3.05) is 0 Å². The van der Waals surface area contributed by atoms with Crippen molar-refractivity contribution in [3.8, 4) is 5.75 Å². The average Bonchev–Trinajstić information content (AvgIpc) is 3.59. The number of rotatable bonds is 5. The van der Waals surface area contributed by atoms with Gasteiger partial charge in [0.2, 0.25) is 5.91 Å². The summed E-state index contributed by atoms with van der Waals surface area (Å²) in [5, 5.41) is 16.3. The number of carbonyl (C=O) groups excluding carboxylic acids is 1. The molecule has 0 bridgehead atoms. The number of hydrogen-bond donors (Lipinski definition) is 2. The van der Waals surface area contributed by atoms with Crippen LogP contribution in [0, 0.1) is 5.92 Å². The second kappa shape index (κ2) is 7.73. The molecule has 1 fully saturated rings. The Morgan fingerprint density at radius 3 is 2.16 bits per heavy atom. The highest BCUT2D eigenvalue weighted by Gasteiger charge is 2.60. The molecule has 1 aliphatic rings. The van der Waals surface area contributed by atoms with Crippen LogP contribution in [0.25, 0.3) is 10.8 Å². The number of nitrogens with zero attached hydrogens (tertiary/aromatic N) is 1. The summed E-state index contributed by atoms with van der Waals surface area (Å²) in [6.07, 6.45) is 2.26. The van der Waals surface area contributed by atoms with E-state index in [0.29, 0.717) is 5.56 Å². The highest BCUT2D eigenvalue weighted by molar-refractivity contribution is 6.02. The van der Waals surface area contributed by atoms with Crippen molar-refractivity contribution >= 4 is 22.9 Å². The molecule has 1 aliphatic carbocycles. The summed E-state index contributed by atoms with van der Waals surface area (Å²) in [6, 6.07) is 31.6. The van der Waals surface area contributed by atoms with Crippen LogP contribution in [0.15, 0.2) is 102 Å². The predicted molar refractivity (Wildman–Crippen MR) is 123 cm³/mol. The monoisotopic (exact) mass is 406 g/mol. The van der Waals surface area contributed by atoms with Gasteiger partial charge in [-0.15, -0.1) is 0 Å². The van der Waals surface area contributed by atoms with Crippen LogP contribution in [-0.4, -0.2) is 17.2 Å². The lowest BCUT2D eigenvalue weighted by Crippen LogP contribution is -2.25. The van der Waals surface area contributed by atoms with Crippen LogP contribution >= 0.6 is 0 Å². The molecule has 31 heavy (non-hydrogen) atoms. The first-order valence-corrected chi connectivity index (χ1v) is 10.3. The van der Waals surface area contributed by atoms with Gasteiger partial charge in [-0.2, -0.15) is 5.10 Å². The number of fused-ring (bicyclic) bond motifs is 1. The second-order valence-corrected chi connectivity index (χ2v) is 7.91. The number of hydrazone groups is 1. The van der Waals surface area contributed by atoms with E-state index in [2.05, 4.69) is 34.8 Å². The molecule has 4 aromatic carbocycles. The van der Waals surface area contributed by atoms with Crippen molar-refractivity contribution < 1.29 is 9.90 Å². The fourth-order valence-corrected chi connectivity index (χ4v) is 4.51. The van der Waals surface area contributed by atoms with Crippen LogP contribution in [0.4, 0.5) is 0 Å². The Bertz CT molecular complexity index is 1230. The molecule has 0 radical (unpaired) electrons. The van der Waals surface area contributed by atoms with Crippen LogP contribution in [0.3, 0.4) is 0 Å². The van der Waals surface area contributed by atoms with E-state index in [1.807, 2.05) is 66.7 Å². The third kappa shape index (κ3) is 3.36. The van der Waals surface area contributed by atoms with Crippen molar-refractivity contribution in [1.82, 2.24) is 5.43 Å². The Morgan fingerprint density at radius 2 is 1.48 bits per heavy atom. The summed E-state index contributed by atoms with van der Waals surface area (Å²) in [7, 11) is 0. The first-order valence-electron chi connectivity index (χ1n) is 10.3. The maximum absolute atomic E-state index is 13.0. The van der Waals surface area contributed by atoms with Gasteiger partial charge in [0.25, 0.3) is 0 Å². The lowest BCUT2D eigenvalue weighted by molar-refractivity contribution is -0.122. The molecule has 152 valence electrons. The largest absolute Gasteiger partial charge is 0.507 e. The third-order valence-corrected chi connectivity index (χ3v) is 6.17. The lowest BCUT2D eigenvalue weighted by Gasteiger charge is -2.18. The highest BCUT2D eigenvalue weighted by Crippen LogP contribution is 2.58. The molecule has 0 aliphatic heterocycles. The van der Waals surface area contributed by atoms with Gasteiger partial charge in [-0.1, -0.05) is 91.0 Å². The molecule has 1 atom stereocenters. The van der Waals surface area contributed by atoms with Crippen molar-refractivity contribution in [2.45, 2.75) is 11.8 Å². The Morgan fingerprint density at radius 1 is 0.871 bits per heavy atom. The first kappa shape index (κ1) is 19.1. The molecule has 0 heterocycles. The molecule has 0 saturated heterocycles. The number of hydrogen-bond acceptors (Lipinski definition) is 3. The summed E-state index contributed by atoms with van der Waals surface area (Å²) in [5.41, 5.74) is 5.23. The summed E-state index contributed by atoms with van der Waals surface area (Å²) < 4.78 is 0. The van der Waals surface area contributed by atoms with Gasteiger partial charge in [-0.05, 0) is 34.4 Å². The number of aromatic hydroxyl groups is 1. The van der Waals surface area contributed by atoms with Gasteiger partial charge in [-0.3, -0.25) is 4.79 Å². The van der Waals surface area contributed by atoms with Crippen LogP contribution in [0.1, 0.15) is 23.1 Å². The van der Waals surface area contributed by atoms with Crippen LogP contribution in [0.2, 0.25) is 0 Å². The maximum Gasteiger partial charge on any atom is 0.244 e. The number of benzene rings is 4. The molecule has 4 nitrogen and oxygen atoms in total. The summed E-state index contributed by atoms with van der Waals surface area (Å²) in [5.74, 6) is -0.190. The van der Waals surface area contributed by atoms with Gasteiger partial charge >= 0.3 is 0 Å². The van der Waals surface area contributed by atoms with Crippen LogP contribution in [-0.2, 0) is 10.2 Å². The number of carbonyl (C=O) groups is 1. The van der Waals surface area contributed by atoms with E-state index >= 15 is 0 Å². The summed E-state index contributed by atoms with van der Waals surface area (Å²) in [6.45, 7) is 0. The van der Waals surface area contributed by atoms with Crippen molar-refractivity contribution in [2.24, 2.45) is 11.0 Å². The van der Waals surface area contributed by atoms with E-state index in [0.717, 1.165) is 28.3 Å². The normalized spacial score (nSPS) is 17.0. The fourth-order valence-electron chi connectivity index (χ4n) is 4.51. The SMILES string of the molecule is O=C(N/N=C/c1c(O)ccc2ccccc12)C1CC1(c1ccccc1)c1ccccc1. The number of amides is 1. The zero-order valence-corrected chi connectivity index (χ0v) is 16.9. The molecular weight excluding hydrogens is 384 g/mol. The second-order valence-electron chi connectivity index (χ2n) is 7.91. The Balaban J connectivity index is 1.40. The molecular formula is C27H22N2O2. The smallest absolute Gasteiger partial charge is 0.244 e. The van der Waals surface area contributed by atoms with Crippen molar-refractivity contribution in [1.29, 1.82) is 0 Å². The van der Waals surface area contributed by atoms with Crippen LogP contribution in [0.5, 0.6) is 5.75 Å². The Hall–Kier alpha value is -3.92. The zero-order chi connectivity index (χ0) is 21.3. The predicted octanol–water partition coefficient (Wildman–Crippen LogP) is 5.00. The minimum absolute atomic E-state index is 0.122. The Labute approximate surface area is 180 Å².